The van der Waals surface area contributed by atoms with Crippen LogP contribution in [0.1, 0.15) is 40.0 Å². The average molecular weight is 178 g/mol. The fraction of sp³-hybridized carbons (Fsp3) is 0.583. The highest BCUT2D eigenvalue weighted by atomic mass is 16.1. The predicted molar refractivity (Wildman–Crippen MR) is 55.5 cm³/mol. The second-order valence-electron chi connectivity index (χ2n) is 3.99. The van der Waals surface area contributed by atoms with E-state index < -0.39 is 0 Å². The third kappa shape index (κ3) is 3.17. The molecule has 0 aliphatic heterocycles. The van der Waals surface area contributed by atoms with Gasteiger partial charge < -0.3 is 4.79 Å². The summed E-state index contributed by atoms with van der Waals surface area (Å²) >= 11 is 0. The van der Waals surface area contributed by atoms with Crippen LogP contribution in [0, 0.1) is 5.92 Å². The summed E-state index contributed by atoms with van der Waals surface area (Å²) in [5, 5.41) is 0. The second kappa shape index (κ2) is 4.40. The maximum absolute atomic E-state index is 10.8. The first-order chi connectivity index (χ1) is 6.09. The van der Waals surface area contributed by atoms with E-state index in [1.54, 1.807) is 6.92 Å². The monoisotopic (exact) mass is 178 g/mol. The van der Waals surface area contributed by atoms with Gasteiger partial charge in [0.25, 0.3) is 0 Å². The van der Waals surface area contributed by atoms with Gasteiger partial charge in [-0.05, 0) is 38.2 Å². The molecule has 0 N–H and O–H groups in total. The van der Waals surface area contributed by atoms with Gasteiger partial charge in [-0.1, -0.05) is 24.6 Å². The lowest BCUT2D eigenvalue weighted by atomic mass is 9.90. The van der Waals surface area contributed by atoms with E-state index in [0.29, 0.717) is 12.3 Å². The first kappa shape index (κ1) is 10.2. The topological polar surface area (TPSA) is 17.1 Å². The molecule has 72 valence electrons. The normalized spacial score (nSPS) is 22.2. The number of carbonyl (C=O) groups is 1. The van der Waals surface area contributed by atoms with Crippen LogP contribution < -0.4 is 0 Å². The molecule has 0 heterocycles. The molecule has 0 aromatic carbocycles. The summed E-state index contributed by atoms with van der Waals surface area (Å²) in [4.78, 5) is 10.8. The van der Waals surface area contributed by atoms with Crippen molar-refractivity contribution >= 4 is 5.78 Å². The average Bonchev–Trinajstić information content (AvgIpc) is 2.02. The van der Waals surface area contributed by atoms with Crippen molar-refractivity contribution in [2.45, 2.75) is 40.0 Å². The predicted octanol–water partition coefficient (Wildman–Crippen LogP) is 3.27. The number of Topliss-reactive ketones (excluding diaryl/α,β-unsaturated/α-hetero) is 1. The number of carbonyl (C=O) groups excluding carboxylic acids is 1. The summed E-state index contributed by atoms with van der Waals surface area (Å²) in [5.74, 6) is 0.952. The smallest absolute Gasteiger partial charge is 0.130 e. The Kier molecular flexibility index (Phi) is 3.47. The zero-order chi connectivity index (χ0) is 9.84. The fourth-order valence-corrected chi connectivity index (χ4v) is 1.70. The number of hydrogen-bond acceptors (Lipinski definition) is 1. The minimum atomic E-state index is 0.285. The molecule has 1 aliphatic rings. The van der Waals surface area contributed by atoms with Gasteiger partial charge in [-0.25, -0.2) is 0 Å². The van der Waals surface area contributed by atoms with Gasteiger partial charge in [-0.2, -0.15) is 0 Å². The van der Waals surface area contributed by atoms with Crippen LogP contribution >= 0.6 is 0 Å². The van der Waals surface area contributed by atoms with E-state index in [4.69, 9.17) is 0 Å². The third-order valence-corrected chi connectivity index (χ3v) is 2.52. The second-order valence-corrected chi connectivity index (χ2v) is 3.99. The summed E-state index contributed by atoms with van der Waals surface area (Å²) in [5.41, 5.74) is 2.73. The van der Waals surface area contributed by atoms with E-state index in [1.165, 1.54) is 11.1 Å². The molecule has 1 rings (SSSR count). The van der Waals surface area contributed by atoms with E-state index >= 15 is 0 Å². The minimum Gasteiger partial charge on any atom is -0.300 e. The fourth-order valence-electron chi connectivity index (χ4n) is 1.70. The van der Waals surface area contributed by atoms with Crippen molar-refractivity contribution in [3.8, 4) is 0 Å². The number of allylic oxidation sites excluding steroid dienone is 4. The van der Waals surface area contributed by atoms with E-state index in [9.17, 15) is 4.79 Å². The molecule has 1 unspecified atom stereocenters. The molecule has 0 amide bonds. The van der Waals surface area contributed by atoms with Crippen molar-refractivity contribution in [2.75, 3.05) is 0 Å². The van der Waals surface area contributed by atoms with Gasteiger partial charge in [-0.15, -0.1) is 0 Å². The molecule has 1 heteroatoms. The molecule has 1 nitrogen and oxygen atoms in total. The lowest BCUT2D eigenvalue weighted by Gasteiger charge is -2.16. The quantitative estimate of drug-likeness (QED) is 0.648. The van der Waals surface area contributed by atoms with Crippen molar-refractivity contribution in [3.05, 3.63) is 23.3 Å². The Morgan fingerprint density at radius 2 is 2.31 bits per heavy atom. The minimum absolute atomic E-state index is 0.285. The van der Waals surface area contributed by atoms with E-state index in [2.05, 4.69) is 26.0 Å². The maximum atomic E-state index is 10.8. The summed E-state index contributed by atoms with van der Waals surface area (Å²) < 4.78 is 0. The summed E-state index contributed by atoms with van der Waals surface area (Å²) in [6.45, 7) is 6.02. The Bertz CT molecular complexity index is 258. The molecule has 0 bridgehead atoms. The Balaban J connectivity index is 2.52. The molecule has 13 heavy (non-hydrogen) atoms. The molecule has 1 aliphatic carbocycles. The maximum Gasteiger partial charge on any atom is 0.130 e. The largest absolute Gasteiger partial charge is 0.300 e. The summed E-state index contributed by atoms with van der Waals surface area (Å²) in [7, 11) is 0. The van der Waals surface area contributed by atoms with Gasteiger partial charge in [0.2, 0.25) is 0 Å². The van der Waals surface area contributed by atoms with Crippen LogP contribution in [0.25, 0.3) is 0 Å². The van der Waals surface area contributed by atoms with Gasteiger partial charge in [0.05, 0.1) is 0 Å². The van der Waals surface area contributed by atoms with Crippen molar-refractivity contribution in [3.63, 3.8) is 0 Å². The highest BCUT2D eigenvalue weighted by Gasteiger charge is 2.09. The van der Waals surface area contributed by atoms with E-state index in [-0.39, 0.29) is 5.78 Å². The van der Waals surface area contributed by atoms with Crippen LogP contribution in [0.5, 0.6) is 0 Å². The molecule has 0 radical (unpaired) electrons. The first-order valence-electron chi connectivity index (χ1n) is 4.97. The molecule has 0 fully saturated rings. The molecular formula is C12H18O. The van der Waals surface area contributed by atoms with Crippen molar-refractivity contribution < 1.29 is 4.79 Å². The Labute approximate surface area is 80.5 Å². The number of rotatable bonds is 3. The Morgan fingerprint density at radius 1 is 1.62 bits per heavy atom. The summed E-state index contributed by atoms with van der Waals surface area (Å²) in [6, 6.07) is 0. The van der Waals surface area contributed by atoms with Gasteiger partial charge >= 0.3 is 0 Å². The van der Waals surface area contributed by atoms with Crippen LogP contribution in [0.2, 0.25) is 0 Å². The lowest BCUT2D eigenvalue weighted by molar-refractivity contribution is -0.116. The number of ketones is 1. The lowest BCUT2D eigenvalue weighted by Crippen LogP contribution is -2.01. The van der Waals surface area contributed by atoms with E-state index in [1.807, 2.05) is 0 Å². The summed E-state index contributed by atoms with van der Waals surface area (Å²) in [6.07, 6.45) is 7.32. The van der Waals surface area contributed by atoms with Gasteiger partial charge in [-0.3, -0.25) is 0 Å². The standard InChI is InChI=1S/C12H18O/c1-9-4-6-12(10(2)8-9)7-5-11(3)13/h6,8-9H,4-5,7H2,1-3H3. The van der Waals surface area contributed by atoms with Crippen LogP contribution in [0.3, 0.4) is 0 Å². The SMILES string of the molecule is CC(=O)CCC1=CCC(C)C=C1C. The third-order valence-electron chi connectivity index (χ3n) is 2.52. The van der Waals surface area contributed by atoms with Gasteiger partial charge in [0.1, 0.15) is 5.78 Å². The van der Waals surface area contributed by atoms with Gasteiger partial charge in [0, 0.05) is 6.42 Å². The van der Waals surface area contributed by atoms with E-state index in [0.717, 1.165) is 12.8 Å². The molecular weight excluding hydrogens is 160 g/mol. The Morgan fingerprint density at radius 3 is 2.85 bits per heavy atom. The Hall–Kier alpha value is -0.850. The van der Waals surface area contributed by atoms with Crippen LogP contribution in [-0.2, 0) is 4.79 Å². The molecule has 0 saturated heterocycles. The zero-order valence-corrected chi connectivity index (χ0v) is 8.76. The molecule has 0 aromatic rings. The van der Waals surface area contributed by atoms with Crippen LogP contribution in [0.15, 0.2) is 23.3 Å². The van der Waals surface area contributed by atoms with Crippen molar-refractivity contribution in [2.24, 2.45) is 5.92 Å². The highest BCUT2D eigenvalue weighted by molar-refractivity contribution is 5.75. The van der Waals surface area contributed by atoms with Crippen molar-refractivity contribution in [1.29, 1.82) is 0 Å². The molecule has 0 aromatic heterocycles. The van der Waals surface area contributed by atoms with Crippen LogP contribution in [-0.4, -0.2) is 5.78 Å². The zero-order valence-electron chi connectivity index (χ0n) is 8.76. The first-order valence-corrected chi connectivity index (χ1v) is 4.97. The number of hydrogen-bond donors (Lipinski definition) is 0. The molecule has 0 spiro atoms. The molecule has 0 saturated carbocycles. The van der Waals surface area contributed by atoms with Crippen LogP contribution in [0.4, 0.5) is 0 Å². The highest BCUT2D eigenvalue weighted by Crippen LogP contribution is 2.25. The van der Waals surface area contributed by atoms with Gasteiger partial charge in [0.15, 0.2) is 0 Å². The van der Waals surface area contributed by atoms with Crippen molar-refractivity contribution in [1.82, 2.24) is 0 Å². The molecule has 1 atom stereocenters.